The van der Waals surface area contributed by atoms with E-state index in [-0.39, 0.29) is 0 Å². The Kier molecular flexibility index (Phi) is 2.24. The summed E-state index contributed by atoms with van der Waals surface area (Å²) in [6.07, 6.45) is 1.31. The quantitative estimate of drug-likeness (QED) is 0.280. The Labute approximate surface area is 64.4 Å². The normalized spacial score (nSPS) is 9.73. The molecule has 1 N–H and O–H groups in total. The summed E-state index contributed by atoms with van der Waals surface area (Å²) in [6.45, 7) is 6.66. The summed E-state index contributed by atoms with van der Waals surface area (Å²) in [6, 6.07) is 6.77. The first kappa shape index (κ1) is 7.29. The highest BCUT2D eigenvalue weighted by molar-refractivity contribution is 5.79. The molecule has 0 heterocycles. The highest BCUT2D eigenvalue weighted by Crippen LogP contribution is 2.10. The number of hydrogen-bond donors (Lipinski definition) is 1. The minimum Gasteiger partial charge on any atom is -0.411 e. The van der Waals surface area contributed by atoms with E-state index in [4.69, 9.17) is 11.8 Å². The average Bonchev–Trinajstić information content (AvgIpc) is 2.07. The van der Waals surface area contributed by atoms with Gasteiger partial charge in [0.2, 0.25) is 0 Å². The summed E-state index contributed by atoms with van der Waals surface area (Å²) >= 11 is 0. The fraction of sp³-hybridized carbons (Fsp3) is 0. The predicted molar refractivity (Wildman–Crippen MR) is 42.1 cm³/mol. The minimum absolute atomic E-state index is 0.583. The van der Waals surface area contributed by atoms with E-state index in [2.05, 4.69) is 10.0 Å². The number of nitrogens with zero attached hydrogens (tertiary/aromatic N) is 2. The van der Waals surface area contributed by atoms with Gasteiger partial charge in [0.1, 0.15) is 0 Å². The molecule has 0 radical (unpaired) electrons. The van der Waals surface area contributed by atoms with Crippen molar-refractivity contribution in [1.29, 1.82) is 0 Å². The minimum atomic E-state index is 0.583. The fourth-order valence-electron chi connectivity index (χ4n) is 0.702. The second kappa shape index (κ2) is 3.37. The number of rotatable bonds is 1. The van der Waals surface area contributed by atoms with Gasteiger partial charge >= 0.3 is 0 Å². The zero-order valence-corrected chi connectivity index (χ0v) is 5.73. The van der Waals surface area contributed by atoms with E-state index in [0.29, 0.717) is 5.69 Å². The number of benzene rings is 1. The molecule has 1 rings (SSSR count). The molecule has 0 bridgehead atoms. The molecule has 0 aromatic heterocycles. The summed E-state index contributed by atoms with van der Waals surface area (Å²) in [5, 5.41) is 11.0. The molecule has 54 valence electrons. The largest absolute Gasteiger partial charge is 0.411 e. The van der Waals surface area contributed by atoms with Crippen LogP contribution in [0.15, 0.2) is 29.4 Å². The Balaban J connectivity index is 2.94. The van der Waals surface area contributed by atoms with Gasteiger partial charge in [-0.2, -0.15) is 0 Å². The molecule has 0 fully saturated rings. The second-order valence-corrected chi connectivity index (χ2v) is 1.95. The van der Waals surface area contributed by atoms with Crippen LogP contribution in [0.5, 0.6) is 0 Å². The van der Waals surface area contributed by atoms with Gasteiger partial charge in [-0.05, 0) is 5.56 Å². The third kappa shape index (κ3) is 1.80. The summed E-state index contributed by atoms with van der Waals surface area (Å²) in [7, 11) is 0. The number of oxime groups is 1. The van der Waals surface area contributed by atoms with Gasteiger partial charge in [0.05, 0.1) is 12.8 Å². The average molecular weight is 146 g/mol. The van der Waals surface area contributed by atoms with E-state index >= 15 is 0 Å². The van der Waals surface area contributed by atoms with E-state index in [1.165, 1.54) is 6.21 Å². The molecule has 0 aliphatic rings. The zero-order chi connectivity index (χ0) is 8.10. The van der Waals surface area contributed by atoms with Gasteiger partial charge in [-0.3, -0.25) is 0 Å². The van der Waals surface area contributed by atoms with E-state index in [0.717, 1.165) is 5.56 Å². The maximum Gasteiger partial charge on any atom is 0.187 e. The topological polar surface area (TPSA) is 37.0 Å². The van der Waals surface area contributed by atoms with E-state index < -0.39 is 0 Å². The molecule has 0 saturated carbocycles. The number of hydrogen-bond acceptors (Lipinski definition) is 2. The first-order valence-electron chi connectivity index (χ1n) is 3.02. The van der Waals surface area contributed by atoms with Crippen LogP contribution in [0.3, 0.4) is 0 Å². The Morgan fingerprint density at radius 2 is 2.00 bits per heavy atom. The summed E-state index contributed by atoms with van der Waals surface area (Å²) in [4.78, 5) is 3.21. The lowest BCUT2D eigenvalue weighted by molar-refractivity contribution is 0.322. The van der Waals surface area contributed by atoms with Crippen LogP contribution in [0.1, 0.15) is 5.56 Å². The SMILES string of the molecule is [C-]#[N+]c1ccc(/C=N\O)cc1. The fourth-order valence-corrected chi connectivity index (χ4v) is 0.702. The van der Waals surface area contributed by atoms with Gasteiger partial charge in [0, 0.05) is 0 Å². The summed E-state index contributed by atoms with van der Waals surface area (Å²) < 4.78 is 0. The van der Waals surface area contributed by atoms with Gasteiger partial charge in [0.15, 0.2) is 5.69 Å². The molecule has 0 atom stereocenters. The Morgan fingerprint density at radius 1 is 1.36 bits per heavy atom. The van der Waals surface area contributed by atoms with Crippen molar-refractivity contribution in [3.8, 4) is 0 Å². The third-order valence-electron chi connectivity index (χ3n) is 1.23. The zero-order valence-electron chi connectivity index (χ0n) is 5.73. The predicted octanol–water partition coefficient (Wildman–Crippen LogP) is 2.05. The van der Waals surface area contributed by atoms with Crippen molar-refractivity contribution in [3.63, 3.8) is 0 Å². The van der Waals surface area contributed by atoms with E-state index in [1.54, 1.807) is 24.3 Å². The molecular formula is C8H6N2O. The van der Waals surface area contributed by atoms with Gasteiger partial charge in [0.25, 0.3) is 0 Å². The van der Waals surface area contributed by atoms with Gasteiger partial charge < -0.3 is 5.21 Å². The lowest BCUT2D eigenvalue weighted by atomic mass is 10.2. The highest BCUT2D eigenvalue weighted by atomic mass is 16.4. The molecule has 0 unspecified atom stereocenters. The molecule has 0 spiro atoms. The molecule has 0 aliphatic heterocycles. The third-order valence-corrected chi connectivity index (χ3v) is 1.23. The highest BCUT2D eigenvalue weighted by Gasteiger charge is 1.88. The molecule has 0 saturated heterocycles. The van der Waals surface area contributed by atoms with Gasteiger partial charge in [-0.25, -0.2) is 4.85 Å². The van der Waals surface area contributed by atoms with Crippen molar-refractivity contribution < 1.29 is 5.21 Å². The lowest BCUT2D eigenvalue weighted by Crippen LogP contribution is -1.77. The molecule has 0 aliphatic carbocycles. The molecule has 1 aromatic rings. The maximum absolute atomic E-state index is 8.16. The molecule has 3 nitrogen and oxygen atoms in total. The van der Waals surface area contributed by atoms with Crippen LogP contribution in [-0.4, -0.2) is 11.4 Å². The van der Waals surface area contributed by atoms with Crippen molar-refractivity contribution >= 4 is 11.9 Å². The smallest absolute Gasteiger partial charge is 0.187 e. The monoisotopic (exact) mass is 146 g/mol. The molecule has 3 heteroatoms. The first-order chi connectivity index (χ1) is 5.36. The molecular weight excluding hydrogens is 140 g/mol. The van der Waals surface area contributed by atoms with Gasteiger partial charge in [-0.15, -0.1) is 0 Å². The lowest BCUT2D eigenvalue weighted by Gasteiger charge is -1.89. The van der Waals surface area contributed by atoms with Crippen LogP contribution >= 0.6 is 0 Å². The second-order valence-electron chi connectivity index (χ2n) is 1.95. The Bertz CT molecular complexity index is 295. The van der Waals surface area contributed by atoms with Gasteiger partial charge in [-0.1, -0.05) is 29.4 Å². The van der Waals surface area contributed by atoms with E-state index in [9.17, 15) is 0 Å². The molecule has 1 aromatic carbocycles. The van der Waals surface area contributed by atoms with Crippen LogP contribution in [0.2, 0.25) is 0 Å². The van der Waals surface area contributed by atoms with Crippen molar-refractivity contribution in [3.05, 3.63) is 41.2 Å². The first-order valence-corrected chi connectivity index (χ1v) is 3.02. The summed E-state index contributed by atoms with van der Waals surface area (Å²) in [5.74, 6) is 0. The van der Waals surface area contributed by atoms with Crippen molar-refractivity contribution in [2.45, 2.75) is 0 Å². The van der Waals surface area contributed by atoms with Crippen molar-refractivity contribution in [1.82, 2.24) is 0 Å². The van der Waals surface area contributed by atoms with Crippen LogP contribution in [-0.2, 0) is 0 Å². The van der Waals surface area contributed by atoms with Crippen LogP contribution in [0, 0.1) is 6.57 Å². The molecule has 0 amide bonds. The van der Waals surface area contributed by atoms with Crippen molar-refractivity contribution in [2.75, 3.05) is 0 Å². The molecule has 11 heavy (non-hydrogen) atoms. The standard InChI is InChI=1S/C8H6N2O/c1-9-8-4-2-7(3-5-8)6-10-11/h2-6,11H/b10-6-. The van der Waals surface area contributed by atoms with Crippen molar-refractivity contribution in [2.24, 2.45) is 5.16 Å². The Hall–Kier alpha value is -1.82. The summed E-state index contributed by atoms with van der Waals surface area (Å²) in [5.41, 5.74) is 1.36. The van der Waals surface area contributed by atoms with E-state index in [1.807, 2.05) is 0 Å². The van der Waals surface area contributed by atoms with Crippen LogP contribution in [0.4, 0.5) is 5.69 Å². The van der Waals surface area contributed by atoms with Crippen LogP contribution in [0.25, 0.3) is 4.85 Å². The van der Waals surface area contributed by atoms with Crippen LogP contribution < -0.4 is 0 Å². The maximum atomic E-state index is 8.16. The Morgan fingerprint density at radius 3 is 2.45 bits per heavy atom.